The predicted molar refractivity (Wildman–Crippen MR) is 65.2 cm³/mol. The van der Waals surface area contributed by atoms with Crippen LogP contribution in [0.3, 0.4) is 0 Å². The zero-order chi connectivity index (χ0) is 12.1. The fourth-order valence-corrected chi connectivity index (χ4v) is 2.06. The monoisotopic (exact) mass is 233 g/mol. The second-order valence-corrected chi connectivity index (χ2v) is 4.33. The van der Waals surface area contributed by atoms with Gasteiger partial charge in [0.2, 0.25) is 0 Å². The van der Waals surface area contributed by atoms with Crippen LogP contribution in [-0.4, -0.2) is 19.1 Å². The van der Waals surface area contributed by atoms with Crippen molar-refractivity contribution < 1.29 is 4.39 Å². The molecule has 2 N–H and O–H groups in total. The van der Waals surface area contributed by atoms with E-state index < -0.39 is 5.82 Å². The van der Waals surface area contributed by atoms with Gasteiger partial charge in [0.25, 0.3) is 0 Å². The van der Waals surface area contributed by atoms with Crippen LogP contribution in [0.15, 0.2) is 18.2 Å². The van der Waals surface area contributed by atoms with Crippen molar-refractivity contribution in [2.24, 2.45) is 0 Å². The highest BCUT2D eigenvalue weighted by molar-refractivity contribution is 5.49. The normalized spacial score (nSPS) is 19.6. The van der Waals surface area contributed by atoms with Crippen molar-refractivity contribution in [3.8, 4) is 6.07 Å². The number of anilines is 1. The zero-order valence-electron chi connectivity index (χ0n) is 9.67. The average molecular weight is 233 g/mol. The Morgan fingerprint density at radius 2 is 2.35 bits per heavy atom. The molecule has 1 fully saturated rings. The first kappa shape index (κ1) is 11.9. The molecular weight excluding hydrogens is 217 g/mol. The van der Waals surface area contributed by atoms with E-state index in [0.717, 1.165) is 18.8 Å². The molecule has 0 amide bonds. The molecule has 17 heavy (non-hydrogen) atoms. The van der Waals surface area contributed by atoms with Gasteiger partial charge >= 0.3 is 0 Å². The number of piperidine rings is 1. The molecule has 0 aliphatic carbocycles. The molecule has 90 valence electrons. The molecule has 1 aromatic rings. The van der Waals surface area contributed by atoms with Gasteiger partial charge in [-0.3, -0.25) is 0 Å². The van der Waals surface area contributed by atoms with E-state index in [2.05, 4.69) is 10.6 Å². The predicted octanol–water partition coefficient (Wildman–Crippen LogP) is 2.25. The molecule has 1 aliphatic heterocycles. The summed E-state index contributed by atoms with van der Waals surface area (Å²) in [7, 11) is 0. The summed E-state index contributed by atoms with van der Waals surface area (Å²) < 4.78 is 13.1. The van der Waals surface area contributed by atoms with Crippen LogP contribution in [0.2, 0.25) is 0 Å². The van der Waals surface area contributed by atoms with Crippen LogP contribution >= 0.6 is 0 Å². The molecule has 1 atom stereocenters. The Hall–Kier alpha value is -1.60. The van der Waals surface area contributed by atoms with Gasteiger partial charge in [0.15, 0.2) is 0 Å². The summed E-state index contributed by atoms with van der Waals surface area (Å²) in [4.78, 5) is 0. The van der Waals surface area contributed by atoms with Crippen molar-refractivity contribution in [3.05, 3.63) is 29.6 Å². The summed E-state index contributed by atoms with van der Waals surface area (Å²) in [6.07, 6.45) is 3.66. The van der Waals surface area contributed by atoms with E-state index in [1.807, 2.05) is 6.07 Å². The van der Waals surface area contributed by atoms with Crippen LogP contribution in [0, 0.1) is 17.1 Å². The maximum atomic E-state index is 13.1. The second-order valence-electron chi connectivity index (χ2n) is 4.33. The van der Waals surface area contributed by atoms with E-state index in [1.54, 1.807) is 12.1 Å². The summed E-state index contributed by atoms with van der Waals surface area (Å²) in [5.74, 6) is -0.464. The molecule has 0 bridgehead atoms. The number of hydrogen-bond acceptors (Lipinski definition) is 3. The Balaban J connectivity index is 1.92. The fraction of sp³-hybridized carbons (Fsp3) is 0.462. The summed E-state index contributed by atoms with van der Waals surface area (Å²) in [6.45, 7) is 1.88. The van der Waals surface area contributed by atoms with Gasteiger partial charge in [0.1, 0.15) is 11.9 Å². The largest absolute Gasteiger partial charge is 0.383 e. The number of hydrogen-bond donors (Lipinski definition) is 2. The second kappa shape index (κ2) is 5.65. The summed E-state index contributed by atoms with van der Waals surface area (Å²) >= 11 is 0. The molecule has 0 spiro atoms. The van der Waals surface area contributed by atoms with Crippen molar-refractivity contribution in [2.75, 3.05) is 18.4 Å². The topological polar surface area (TPSA) is 47.9 Å². The van der Waals surface area contributed by atoms with Crippen LogP contribution in [0.25, 0.3) is 0 Å². The number of rotatable bonds is 3. The van der Waals surface area contributed by atoms with Crippen LogP contribution in [0.4, 0.5) is 10.1 Å². The third-order valence-corrected chi connectivity index (χ3v) is 3.05. The van der Waals surface area contributed by atoms with Crippen molar-refractivity contribution in [2.45, 2.75) is 25.3 Å². The van der Waals surface area contributed by atoms with Crippen LogP contribution < -0.4 is 10.6 Å². The number of nitriles is 1. The standard InChI is InChI=1S/C13H16FN3/c14-13-5-4-11(7-10(13)8-15)17-9-12-3-1-2-6-16-12/h4-5,7,12,16-17H,1-3,6,9H2. The van der Waals surface area contributed by atoms with Gasteiger partial charge in [-0.05, 0) is 37.6 Å². The van der Waals surface area contributed by atoms with Gasteiger partial charge in [0.05, 0.1) is 5.56 Å². The Labute approximate surface area is 101 Å². The Kier molecular flexibility index (Phi) is 3.94. The van der Waals surface area contributed by atoms with Crippen molar-refractivity contribution in [3.63, 3.8) is 0 Å². The lowest BCUT2D eigenvalue weighted by Crippen LogP contribution is -2.39. The molecule has 1 saturated heterocycles. The van der Waals surface area contributed by atoms with Crippen LogP contribution in [0.5, 0.6) is 0 Å². The molecule has 1 unspecified atom stereocenters. The Bertz CT molecular complexity index is 419. The van der Waals surface area contributed by atoms with Crippen molar-refractivity contribution >= 4 is 5.69 Å². The number of nitrogens with one attached hydrogen (secondary N) is 2. The third-order valence-electron chi connectivity index (χ3n) is 3.05. The molecule has 1 heterocycles. The minimum absolute atomic E-state index is 0.0894. The first-order valence-electron chi connectivity index (χ1n) is 5.96. The summed E-state index contributed by atoms with van der Waals surface area (Å²) in [6, 6.07) is 6.86. The number of halogens is 1. The first-order valence-corrected chi connectivity index (χ1v) is 5.96. The zero-order valence-corrected chi connectivity index (χ0v) is 9.67. The quantitative estimate of drug-likeness (QED) is 0.841. The fourth-order valence-electron chi connectivity index (χ4n) is 2.06. The van der Waals surface area contributed by atoms with E-state index in [0.29, 0.717) is 6.04 Å². The lowest BCUT2D eigenvalue weighted by Gasteiger charge is -2.24. The van der Waals surface area contributed by atoms with E-state index >= 15 is 0 Å². The van der Waals surface area contributed by atoms with Crippen molar-refractivity contribution in [1.82, 2.24) is 5.32 Å². The highest BCUT2D eigenvalue weighted by Gasteiger charge is 2.12. The highest BCUT2D eigenvalue weighted by atomic mass is 19.1. The molecule has 0 aromatic heterocycles. The highest BCUT2D eigenvalue weighted by Crippen LogP contribution is 2.15. The van der Waals surface area contributed by atoms with E-state index in [4.69, 9.17) is 5.26 Å². The molecule has 3 nitrogen and oxygen atoms in total. The maximum absolute atomic E-state index is 13.1. The van der Waals surface area contributed by atoms with Gasteiger partial charge in [-0.1, -0.05) is 6.42 Å². The summed E-state index contributed by atoms with van der Waals surface area (Å²) in [5.41, 5.74) is 0.891. The lowest BCUT2D eigenvalue weighted by atomic mass is 10.1. The smallest absolute Gasteiger partial charge is 0.141 e. The van der Waals surface area contributed by atoms with Gasteiger partial charge in [-0.25, -0.2) is 4.39 Å². The molecule has 1 aromatic carbocycles. The van der Waals surface area contributed by atoms with E-state index in [-0.39, 0.29) is 5.56 Å². The van der Waals surface area contributed by atoms with Crippen molar-refractivity contribution in [1.29, 1.82) is 5.26 Å². The van der Waals surface area contributed by atoms with Gasteiger partial charge in [-0.15, -0.1) is 0 Å². The van der Waals surface area contributed by atoms with Gasteiger partial charge in [-0.2, -0.15) is 5.26 Å². The lowest BCUT2D eigenvalue weighted by molar-refractivity contribution is 0.414. The van der Waals surface area contributed by atoms with Gasteiger partial charge in [0, 0.05) is 18.3 Å². The number of nitrogens with zero attached hydrogens (tertiary/aromatic N) is 1. The van der Waals surface area contributed by atoms with Gasteiger partial charge < -0.3 is 10.6 Å². The molecule has 0 radical (unpaired) electrons. The molecule has 4 heteroatoms. The maximum Gasteiger partial charge on any atom is 0.141 e. The van der Waals surface area contributed by atoms with Crippen LogP contribution in [0.1, 0.15) is 24.8 Å². The number of benzene rings is 1. The van der Waals surface area contributed by atoms with Crippen LogP contribution in [-0.2, 0) is 0 Å². The Morgan fingerprint density at radius 1 is 1.47 bits per heavy atom. The van der Waals surface area contributed by atoms with E-state index in [9.17, 15) is 4.39 Å². The summed E-state index contributed by atoms with van der Waals surface area (Å²) in [5, 5.41) is 15.4. The minimum atomic E-state index is -0.464. The molecular formula is C13H16FN3. The third kappa shape index (κ3) is 3.18. The molecule has 2 rings (SSSR count). The average Bonchev–Trinajstić information content (AvgIpc) is 2.39. The first-order chi connectivity index (χ1) is 8.29. The SMILES string of the molecule is N#Cc1cc(NCC2CCCCN2)ccc1F. The molecule has 1 aliphatic rings. The minimum Gasteiger partial charge on any atom is -0.383 e. The molecule has 0 saturated carbocycles. The van der Waals surface area contributed by atoms with E-state index in [1.165, 1.54) is 25.3 Å². The Morgan fingerprint density at radius 3 is 3.06 bits per heavy atom.